The van der Waals surface area contributed by atoms with Gasteiger partial charge < -0.3 is 9.88 Å². The Morgan fingerprint density at radius 2 is 2.09 bits per heavy atom. The quantitative estimate of drug-likeness (QED) is 0.750. The number of hydrogen-bond acceptors (Lipinski definition) is 3. The summed E-state index contributed by atoms with van der Waals surface area (Å²) >= 11 is 1.76. The second-order valence-electron chi connectivity index (χ2n) is 5.67. The number of aromatic nitrogens is 2. The molecule has 0 spiro atoms. The van der Waals surface area contributed by atoms with Crippen LogP contribution in [-0.2, 0) is 12.8 Å². The number of nitrogens with one attached hydrogen (secondary N) is 1. The van der Waals surface area contributed by atoms with Gasteiger partial charge in [0, 0.05) is 41.7 Å². The van der Waals surface area contributed by atoms with Crippen molar-refractivity contribution in [3.05, 3.63) is 51.6 Å². The van der Waals surface area contributed by atoms with Crippen molar-refractivity contribution < 1.29 is 4.79 Å². The summed E-state index contributed by atoms with van der Waals surface area (Å²) in [7, 11) is 0. The minimum atomic E-state index is 0.0862. The summed E-state index contributed by atoms with van der Waals surface area (Å²) in [5, 5.41) is 2.21. The Kier molecular flexibility index (Phi) is 3.22. The fourth-order valence-corrected chi connectivity index (χ4v) is 4.03. The van der Waals surface area contributed by atoms with E-state index in [-0.39, 0.29) is 5.91 Å². The minimum Gasteiger partial charge on any atom is -0.351 e. The molecule has 0 saturated heterocycles. The molecule has 0 unspecified atom stereocenters. The zero-order valence-electron chi connectivity index (χ0n) is 12.4. The van der Waals surface area contributed by atoms with Gasteiger partial charge in [0.05, 0.1) is 10.7 Å². The summed E-state index contributed by atoms with van der Waals surface area (Å²) in [5.41, 5.74) is 2.86. The van der Waals surface area contributed by atoms with E-state index in [1.54, 1.807) is 11.3 Å². The van der Waals surface area contributed by atoms with Crippen LogP contribution in [0.25, 0.3) is 10.9 Å². The summed E-state index contributed by atoms with van der Waals surface area (Å²) in [4.78, 5) is 23.8. The number of para-hydroxylation sites is 1. The first-order valence-electron chi connectivity index (χ1n) is 7.53. The highest BCUT2D eigenvalue weighted by molar-refractivity contribution is 7.11. The van der Waals surface area contributed by atoms with Gasteiger partial charge in [-0.2, -0.15) is 0 Å². The second kappa shape index (κ2) is 5.25. The third-order valence-corrected chi connectivity index (χ3v) is 5.23. The first kappa shape index (κ1) is 13.5. The maximum Gasteiger partial charge on any atom is 0.270 e. The fourth-order valence-electron chi connectivity index (χ4n) is 3.05. The van der Waals surface area contributed by atoms with E-state index in [4.69, 9.17) is 0 Å². The van der Waals surface area contributed by atoms with Crippen LogP contribution in [-0.4, -0.2) is 33.9 Å². The molecular formula is C17H17N3OS. The number of thiazole rings is 1. The number of hydrogen-bond donors (Lipinski definition) is 1. The smallest absolute Gasteiger partial charge is 0.270 e. The lowest BCUT2D eigenvalue weighted by molar-refractivity contribution is 0.0758. The van der Waals surface area contributed by atoms with E-state index in [9.17, 15) is 4.79 Å². The molecule has 1 N–H and O–H groups in total. The second-order valence-corrected chi connectivity index (χ2v) is 6.95. The number of benzene rings is 1. The Labute approximate surface area is 132 Å². The Balaban J connectivity index is 1.57. The predicted molar refractivity (Wildman–Crippen MR) is 88.5 cm³/mol. The molecule has 3 heterocycles. The lowest BCUT2D eigenvalue weighted by Crippen LogP contribution is -2.33. The number of fused-ring (bicyclic) bond motifs is 2. The average molecular weight is 311 g/mol. The first-order chi connectivity index (χ1) is 10.7. The number of carbonyl (C=O) groups excluding carboxylic acids is 1. The van der Waals surface area contributed by atoms with E-state index < -0.39 is 0 Å². The van der Waals surface area contributed by atoms with Crippen molar-refractivity contribution in [1.82, 2.24) is 14.9 Å². The Bertz CT molecular complexity index is 790. The Morgan fingerprint density at radius 1 is 1.27 bits per heavy atom. The van der Waals surface area contributed by atoms with Crippen LogP contribution in [0.4, 0.5) is 0 Å². The zero-order chi connectivity index (χ0) is 15.1. The van der Waals surface area contributed by atoms with Crippen molar-refractivity contribution in [2.24, 2.45) is 0 Å². The van der Waals surface area contributed by atoms with Gasteiger partial charge in [0.1, 0.15) is 5.69 Å². The summed E-state index contributed by atoms with van der Waals surface area (Å²) in [6.07, 6.45) is 1.76. The van der Waals surface area contributed by atoms with E-state index in [2.05, 4.69) is 9.97 Å². The fraction of sp³-hybridized carbons (Fsp3) is 0.294. The average Bonchev–Trinajstić information content (AvgIpc) is 3.05. The highest BCUT2D eigenvalue weighted by Crippen LogP contribution is 2.23. The molecule has 4 nitrogen and oxygen atoms in total. The van der Waals surface area contributed by atoms with Gasteiger partial charge in [0.25, 0.3) is 5.91 Å². The van der Waals surface area contributed by atoms with Gasteiger partial charge in [0.2, 0.25) is 0 Å². The molecular weight excluding hydrogens is 294 g/mol. The van der Waals surface area contributed by atoms with Crippen molar-refractivity contribution in [2.75, 3.05) is 13.1 Å². The van der Waals surface area contributed by atoms with Crippen LogP contribution in [0.2, 0.25) is 0 Å². The van der Waals surface area contributed by atoms with E-state index in [0.717, 1.165) is 41.8 Å². The number of amides is 1. The van der Waals surface area contributed by atoms with Crippen molar-refractivity contribution >= 4 is 28.1 Å². The lowest BCUT2D eigenvalue weighted by Gasteiger charge is -2.19. The molecule has 2 aromatic heterocycles. The molecule has 0 radical (unpaired) electrons. The maximum atomic E-state index is 12.7. The van der Waals surface area contributed by atoms with Gasteiger partial charge >= 0.3 is 0 Å². The van der Waals surface area contributed by atoms with Gasteiger partial charge in [-0.25, -0.2) is 4.98 Å². The van der Waals surface area contributed by atoms with Crippen molar-refractivity contribution in [3.8, 4) is 0 Å². The summed E-state index contributed by atoms with van der Waals surface area (Å²) in [5.74, 6) is 0.0862. The third-order valence-electron chi connectivity index (χ3n) is 4.16. The molecule has 0 aliphatic carbocycles. The molecule has 1 aliphatic rings. The largest absolute Gasteiger partial charge is 0.351 e. The molecule has 1 aromatic carbocycles. The zero-order valence-corrected chi connectivity index (χ0v) is 13.2. The molecule has 22 heavy (non-hydrogen) atoms. The van der Waals surface area contributed by atoms with Crippen LogP contribution >= 0.6 is 11.3 Å². The van der Waals surface area contributed by atoms with Gasteiger partial charge in [0.15, 0.2) is 0 Å². The Hall–Kier alpha value is -2.14. The number of nitrogens with zero attached hydrogens (tertiary/aromatic N) is 2. The highest BCUT2D eigenvalue weighted by atomic mass is 32.1. The summed E-state index contributed by atoms with van der Waals surface area (Å²) in [6.45, 7) is 3.56. The number of rotatable bonds is 1. The molecule has 5 heteroatoms. The number of carbonyl (C=O) groups is 1. The molecule has 112 valence electrons. The number of aromatic amines is 1. The van der Waals surface area contributed by atoms with E-state index in [1.807, 2.05) is 42.2 Å². The van der Waals surface area contributed by atoms with Crippen molar-refractivity contribution in [2.45, 2.75) is 19.8 Å². The molecule has 1 aliphatic heterocycles. The normalized spacial score (nSPS) is 14.9. The van der Waals surface area contributed by atoms with E-state index in [0.29, 0.717) is 5.69 Å². The molecule has 4 rings (SSSR count). The van der Waals surface area contributed by atoms with Gasteiger partial charge in [-0.1, -0.05) is 18.2 Å². The van der Waals surface area contributed by atoms with Crippen molar-refractivity contribution in [3.63, 3.8) is 0 Å². The van der Waals surface area contributed by atoms with E-state index >= 15 is 0 Å². The van der Waals surface area contributed by atoms with Crippen LogP contribution in [0.15, 0.2) is 30.3 Å². The molecule has 0 atom stereocenters. The highest BCUT2D eigenvalue weighted by Gasteiger charge is 2.22. The van der Waals surface area contributed by atoms with Crippen LogP contribution < -0.4 is 0 Å². The predicted octanol–water partition coefficient (Wildman–Crippen LogP) is 3.17. The monoisotopic (exact) mass is 311 g/mol. The topological polar surface area (TPSA) is 49.0 Å². The summed E-state index contributed by atoms with van der Waals surface area (Å²) in [6, 6.07) is 9.93. The summed E-state index contributed by atoms with van der Waals surface area (Å²) < 4.78 is 0. The molecule has 1 amide bonds. The van der Waals surface area contributed by atoms with Gasteiger partial charge in [-0.3, -0.25) is 4.79 Å². The first-order valence-corrected chi connectivity index (χ1v) is 8.34. The maximum absolute atomic E-state index is 12.7. The molecule has 3 aromatic rings. The van der Waals surface area contributed by atoms with Gasteiger partial charge in [-0.05, 0) is 19.1 Å². The standard InChI is InChI=1S/C17H17N3OS/c1-11-18-14-6-8-20(9-7-16(14)22-11)17(21)15-10-12-4-2-3-5-13(12)19-15/h2-5,10,19H,6-9H2,1H3. The lowest BCUT2D eigenvalue weighted by atomic mass is 10.2. The molecule has 0 fully saturated rings. The SMILES string of the molecule is Cc1nc2c(s1)CCN(C(=O)c1cc3ccccc3[nH]1)CC2. The van der Waals surface area contributed by atoms with Crippen molar-refractivity contribution in [1.29, 1.82) is 0 Å². The van der Waals surface area contributed by atoms with E-state index in [1.165, 1.54) is 10.6 Å². The number of aryl methyl sites for hydroxylation is 1. The van der Waals surface area contributed by atoms with Crippen LogP contribution in [0.3, 0.4) is 0 Å². The van der Waals surface area contributed by atoms with Crippen LogP contribution in [0, 0.1) is 6.92 Å². The third kappa shape index (κ3) is 2.31. The number of H-pyrrole nitrogens is 1. The minimum absolute atomic E-state index is 0.0862. The molecule has 0 saturated carbocycles. The van der Waals surface area contributed by atoms with Crippen LogP contribution in [0.1, 0.15) is 26.1 Å². The van der Waals surface area contributed by atoms with Gasteiger partial charge in [-0.15, -0.1) is 11.3 Å². The van der Waals surface area contributed by atoms with Crippen LogP contribution in [0.5, 0.6) is 0 Å². The Morgan fingerprint density at radius 3 is 2.95 bits per heavy atom. The molecule has 0 bridgehead atoms.